The minimum absolute atomic E-state index is 0. The van der Waals surface area contributed by atoms with Gasteiger partial charge >= 0.3 is 5.97 Å². The number of piperidine rings is 1. The summed E-state index contributed by atoms with van der Waals surface area (Å²) in [5, 5.41) is 23.3. The number of rotatable bonds is 10. The van der Waals surface area contributed by atoms with E-state index >= 15 is 0 Å². The van der Waals surface area contributed by atoms with Crippen molar-refractivity contribution in [1.29, 1.82) is 0 Å². The van der Waals surface area contributed by atoms with E-state index < -0.39 is 23.7 Å². The molecule has 2 aromatic rings. The number of hydrogen-bond donors (Lipinski definition) is 3. The number of benzene rings is 2. The zero-order valence-corrected chi connectivity index (χ0v) is 26.6. The number of carboxylic acid groups (broad SMARTS) is 1. The molecule has 5 rings (SSSR count). The number of amides is 2. The zero-order chi connectivity index (χ0) is 30.6. The van der Waals surface area contributed by atoms with Crippen molar-refractivity contribution in [3.63, 3.8) is 0 Å². The van der Waals surface area contributed by atoms with Crippen LogP contribution in [0.1, 0.15) is 93.6 Å². The lowest BCUT2D eigenvalue weighted by Gasteiger charge is -2.53. The first kappa shape index (κ1) is 33.7. The summed E-state index contributed by atoms with van der Waals surface area (Å²) in [5.74, 6) is 0.0609. The topological polar surface area (TPSA) is 119 Å². The highest BCUT2D eigenvalue weighted by molar-refractivity contribution is 6.00. The molecule has 2 heterocycles. The van der Waals surface area contributed by atoms with E-state index in [4.69, 9.17) is 9.84 Å². The Morgan fingerprint density at radius 2 is 1.59 bits per heavy atom. The van der Waals surface area contributed by atoms with Crippen molar-refractivity contribution in [3.8, 4) is 11.5 Å². The lowest BCUT2D eigenvalue weighted by Crippen LogP contribution is -2.75. The van der Waals surface area contributed by atoms with Crippen LogP contribution in [-0.4, -0.2) is 75.1 Å². The van der Waals surface area contributed by atoms with Crippen LogP contribution in [0.15, 0.2) is 48.5 Å². The third-order valence-corrected chi connectivity index (χ3v) is 9.84. The van der Waals surface area contributed by atoms with E-state index in [0.717, 1.165) is 50.5 Å². The van der Waals surface area contributed by atoms with Crippen molar-refractivity contribution >= 4 is 30.2 Å². The first-order chi connectivity index (χ1) is 20.7. The minimum atomic E-state index is -0.976. The molecule has 1 unspecified atom stereocenters. The number of halogens is 1. The monoisotopic (exact) mass is 627 g/mol. The molecule has 0 aromatic heterocycles. The van der Waals surface area contributed by atoms with Gasteiger partial charge in [0.05, 0.1) is 11.7 Å². The molecule has 0 radical (unpaired) electrons. The minimum Gasteiger partial charge on any atom is -0.478 e. The van der Waals surface area contributed by atoms with E-state index in [1.165, 1.54) is 12.1 Å². The Labute approximate surface area is 266 Å². The molecule has 3 aliphatic rings. The largest absolute Gasteiger partial charge is 0.478 e. The van der Waals surface area contributed by atoms with E-state index in [9.17, 15) is 19.5 Å². The van der Waals surface area contributed by atoms with E-state index in [0.29, 0.717) is 44.0 Å². The Balaban J connectivity index is 0.00000442. The van der Waals surface area contributed by atoms with Gasteiger partial charge in [-0.2, -0.15) is 0 Å². The Morgan fingerprint density at radius 3 is 2.16 bits per heavy atom. The molecule has 3 fully saturated rings. The van der Waals surface area contributed by atoms with Crippen molar-refractivity contribution in [2.75, 3.05) is 19.6 Å². The van der Waals surface area contributed by atoms with Crippen LogP contribution in [0.3, 0.4) is 0 Å². The van der Waals surface area contributed by atoms with Gasteiger partial charge in [-0.3, -0.25) is 14.5 Å². The van der Waals surface area contributed by atoms with Crippen LogP contribution >= 0.6 is 12.4 Å². The molecule has 10 heteroatoms. The number of carbonyl (C=O) groups is 3. The van der Waals surface area contributed by atoms with Gasteiger partial charge in [0.15, 0.2) is 0 Å². The summed E-state index contributed by atoms with van der Waals surface area (Å²) < 4.78 is 5.89. The maximum absolute atomic E-state index is 13.9. The van der Waals surface area contributed by atoms with Crippen LogP contribution in [0.4, 0.5) is 0 Å². The summed E-state index contributed by atoms with van der Waals surface area (Å²) in [4.78, 5) is 42.9. The number of carboxylic acids is 1. The maximum atomic E-state index is 13.9. The number of ether oxygens (including phenoxy) is 1. The molecule has 3 atom stereocenters. The van der Waals surface area contributed by atoms with Crippen molar-refractivity contribution < 1.29 is 29.3 Å². The van der Waals surface area contributed by atoms with E-state index in [-0.39, 0.29) is 41.7 Å². The maximum Gasteiger partial charge on any atom is 0.335 e. The Hall–Kier alpha value is -3.14. The molecular formula is C34H46ClN3O6. The zero-order valence-electron chi connectivity index (χ0n) is 25.7. The molecule has 1 aliphatic carbocycles. The normalized spacial score (nSPS) is 22.2. The first-order valence-corrected chi connectivity index (χ1v) is 15.9. The standard InChI is InChI=1S/C34H45N3O6.ClH/c1-3-4-20-37-31(39)29(30(38)25-8-6-5-7-9-25)35-33(42)34(37)18-21-36(22-19-34)23(2)24-10-14-27(15-11-24)43-28-16-12-26(13-17-28)32(40)41;/h10-17,23,25,29-30,38H,3-9,18-22H2,1-2H3,(H,35,42)(H,40,41);1H/t23?,29-,30-;/m1./s1. The smallest absolute Gasteiger partial charge is 0.335 e. The molecule has 3 N–H and O–H groups in total. The molecule has 2 amide bonds. The van der Waals surface area contributed by atoms with Gasteiger partial charge in [-0.25, -0.2) is 4.79 Å². The number of nitrogens with one attached hydrogen (secondary N) is 1. The predicted octanol–water partition coefficient (Wildman–Crippen LogP) is 5.56. The summed E-state index contributed by atoms with van der Waals surface area (Å²) >= 11 is 0. The first-order valence-electron chi connectivity index (χ1n) is 15.9. The van der Waals surface area contributed by atoms with E-state index in [1.807, 2.05) is 29.2 Å². The van der Waals surface area contributed by atoms with E-state index in [2.05, 4.69) is 24.1 Å². The fraction of sp³-hybridized carbons (Fsp3) is 0.559. The molecule has 1 saturated carbocycles. The molecule has 2 aromatic carbocycles. The second-order valence-electron chi connectivity index (χ2n) is 12.4. The van der Waals surface area contributed by atoms with Gasteiger partial charge in [-0.1, -0.05) is 44.7 Å². The third kappa shape index (κ3) is 7.05. The third-order valence-electron chi connectivity index (χ3n) is 9.84. The van der Waals surface area contributed by atoms with Crippen LogP contribution in [0.5, 0.6) is 11.5 Å². The SMILES string of the molecule is CCCCN1C(=O)[C@@H]([C@H](O)C2CCCCC2)NC(=O)C12CCN(C(C)c1ccc(Oc3ccc(C(=O)O)cc3)cc1)CC2.Cl. The average molecular weight is 628 g/mol. The highest BCUT2D eigenvalue weighted by Gasteiger charge is 2.55. The van der Waals surface area contributed by atoms with Crippen molar-refractivity contribution in [2.24, 2.45) is 5.92 Å². The second-order valence-corrected chi connectivity index (χ2v) is 12.4. The predicted molar refractivity (Wildman–Crippen MR) is 170 cm³/mol. The highest BCUT2D eigenvalue weighted by Crippen LogP contribution is 2.38. The second kappa shape index (κ2) is 14.8. The van der Waals surface area contributed by atoms with Gasteiger partial charge in [0, 0.05) is 25.7 Å². The highest BCUT2D eigenvalue weighted by atomic mass is 35.5. The molecule has 1 spiro atoms. The van der Waals surface area contributed by atoms with Gasteiger partial charge in [-0.05, 0) is 86.9 Å². The molecule has 240 valence electrons. The number of aliphatic hydroxyl groups is 1. The van der Waals surface area contributed by atoms with Crippen LogP contribution in [0, 0.1) is 5.92 Å². The Kier molecular flexibility index (Phi) is 11.3. The van der Waals surface area contributed by atoms with E-state index in [1.54, 1.807) is 12.1 Å². The molecule has 2 aliphatic heterocycles. The lowest BCUT2D eigenvalue weighted by molar-refractivity contribution is -0.166. The average Bonchev–Trinajstić information content (AvgIpc) is 3.03. The van der Waals surface area contributed by atoms with Crippen LogP contribution in [0.25, 0.3) is 0 Å². The number of piperazine rings is 1. The molecular weight excluding hydrogens is 582 g/mol. The molecule has 44 heavy (non-hydrogen) atoms. The summed E-state index contributed by atoms with van der Waals surface area (Å²) in [7, 11) is 0. The summed E-state index contributed by atoms with van der Waals surface area (Å²) in [6.07, 6.45) is 7.11. The van der Waals surface area contributed by atoms with Crippen molar-refractivity contribution in [1.82, 2.24) is 15.1 Å². The molecule has 0 bridgehead atoms. The number of hydrogen-bond acceptors (Lipinski definition) is 6. The Bertz CT molecular complexity index is 1270. The van der Waals surface area contributed by atoms with Gasteiger partial charge in [0.2, 0.25) is 11.8 Å². The van der Waals surface area contributed by atoms with Crippen molar-refractivity contribution in [3.05, 3.63) is 59.7 Å². The van der Waals surface area contributed by atoms with Gasteiger partial charge in [0.1, 0.15) is 23.1 Å². The number of aromatic carboxylic acids is 1. The summed E-state index contributed by atoms with van der Waals surface area (Å²) in [6, 6.07) is 13.4. The van der Waals surface area contributed by atoms with Crippen LogP contribution < -0.4 is 10.1 Å². The number of unbranched alkanes of at least 4 members (excludes halogenated alkanes) is 1. The number of aliphatic hydroxyl groups excluding tert-OH is 1. The molecule has 2 saturated heterocycles. The van der Waals surface area contributed by atoms with Crippen molar-refractivity contribution in [2.45, 2.75) is 95.4 Å². The van der Waals surface area contributed by atoms with Gasteiger partial charge in [0.25, 0.3) is 0 Å². The quantitative estimate of drug-likeness (QED) is 0.315. The fourth-order valence-electron chi connectivity index (χ4n) is 7.06. The molecule has 9 nitrogen and oxygen atoms in total. The Morgan fingerprint density at radius 1 is 1.00 bits per heavy atom. The number of carbonyl (C=O) groups excluding carboxylic acids is 2. The van der Waals surface area contributed by atoms with Gasteiger partial charge < -0.3 is 25.2 Å². The summed E-state index contributed by atoms with van der Waals surface area (Å²) in [5.41, 5.74) is 0.450. The fourth-order valence-corrected chi connectivity index (χ4v) is 7.06. The van der Waals surface area contributed by atoms with Crippen LogP contribution in [-0.2, 0) is 9.59 Å². The number of likely N-dealkylation sites (tertiary alicyclic amines) is 1. The summed E-state index contributed by atoms with van der Waals surface area (Å²) in [6.45, 7) is 6.12. The van der Waals surface area contributed by atoms with Crippen LogP contribution in [0.2, 0.25) is 0 Å². The number of nitrogens with zero attached hydrogens (tertiary/aromatic N) is 2. The lowest BCUT2D eigenvalue weighted by atomic mass is 9.77. The van der Waals surface area contributed by atoms with Gasteiger partial charge in [-0.15, -0.1) is 12.4 Å².